The normalized spacial score (nSPS) is 18.6. The average Bonchev–Trinajstić information content (AvgIpc) is 2.93. The van der Waals surface area contributed by atoms with Crippen LogP contribution in [0.4, 0.5) is 15.8 Å². The molecule has 0 atom stereocenters. The van der Waals surface area contributed by atoms with Crippen molar-refractivity contribution >= 4 is 27.5 Å². The van der Waals surface area contributed by atoms with Crippen LogP contribution in [-0.2, 0) is 15.0 Å². The van der Waals surface area contributed by atoms with E-state index in [-0.39, 0.29) is 24.3 Å². The minimum Gasteiger partial charge on any atom is -0.481 e. The number of ether oxygens (including phenoxy) is 1. The minimum atomic E-state index is -3.62. The van der Waals surface area contributed by atoms with E-state index in [0.29, 0.717) is 37.3 Å². The Balaban J connectivity index is 1.39. The van der Waals surface area contributed by atoms with Gasteiger partial charge >= 0.3 is 10.2 Å². The van der Waals surface area contributed by atoms with Crippen molar-refractivity contribution in [2.24, 2.45) is 0 Å². The average molecular weight is 419 g/mol. The van der Waals surface area contributed by atoms with Crippen LogP contribution < -0.4 is 13.3 Å². The molecule has 9 heteroatoms. The maximum Gasteiger partial charge on any atom is 0.326 e. The fourth-order valence-corrected chi connectivity index (χ4v) is 5.48. The second-order valence-electron chi connectivity index (χ2n) is 7.09. The second kappa shape index (κ2) is 7.55. The van der Waals surface area contributed by atoms with Crippen LogP contribution >= 0.6 is 0 Å². The van der Waals surface area contributed by atoms with E-state index >= 15 is 0 Å². The molecule has 0 bridgehead atoms. The van der Waals surface area contributed by atoms with Crippen LogP contribution in [0, 0.1) is 5.82 Å². The first kappa shape index (κ1) is 19.5. The summed E-state index contributed by atoms with van der Waals surface area (Å²) in [6.45, 7) is 0.587. The largest absolute Gasteiger partial charge is 0.481 e. The lowest BCUT2D eigenvalue weighted by molar-refractivity contribution is -0.134. The van der Waals surface area contributed by atoms with Gasteiger partial charge in [-0.3, -0.25) is 9.10 Å². The summed E-state index contributed by atoms with van der Waals surface area (Å²) in [6, 6.07) is 12.9. The highest BCUT2D eigenvalue weighted by Gasteiger charge is 2.43. The second-order valence-corrected chi connectivity index (χ2v) is 8.93. The lowest BCUT2D eigenvalue weighted by Crippen LogP contribution is -2.50. The zero-order valence-corrected chi connectivity index (χ0v) is 16.8. The Morgan fingerprint density at radius 3 is 2.38 bits per heavy atom. The number of benzene rings is 2. The lowest BCUT2D eigenvalue weighted by atomic mass is 10.0. The van der Waals surface area contributed by atoms with Gasteiger partial charge in [-0.2, -0.15) is 8.42 Å². The van der Waals surface area contributed by atoms with Crippen molar-refractivity contribution in [2.45, 2.75) is 18.9 Å². The maximum absolute atomic E-state index is 13.6. The Bertz CT molecular complexity index is 1020. The maximum atomic E-state index is 13.6. The number of hydrogen-bond acceptors (Lipinski definition) is 4. The van der Waals surface area contributed by atoms with Gasteiger partial charge < -0.3 is 9.64 Å². The molecule has 1 amide bonds. The third kappa shape index (κ3) is 3.50. The van der Waals surface area contributed by atoms with Gasteiger partial charge in [0.25, 0.3) is 5.91 Å². The molecular formula is C20H22FN3O4S. The Hall–Kier alpha value is -2.81. The number of anilines is 2. The van der Waals surface area contributed by atoms with Gasteiger partial charge in [-0.15, -0.1) is 0 Å². The van der Waals surface area contributed by atoms with Gasteiger partial charge in [-0.25, -0.2) is 8.70 Å². The third-order valence-corrected chi connectivity index (χ3v) is 7.27. The first-order valence-electron chi connectivity index (χ1n) is 9.42. The molecule has 4 rings (SSSR count). The number of halogens is 1. The fraction of sp³-hybridized carbons (Fsp3) is 0.350. The van der Waals surface area contributed by atoms with E-state index in [1.807, 2.05) is 12.1 Å². The molecule has 0 N–H and O–H groups in total. The summed E-state index contributed by atoms with van der Waals surface area (Å²) in [6.07, 6.45) is 1.04. The Labute approximate surface area is 169 Å². The third-order valence-electron chi connectivity index (χ3n) is 5.39. The van der Waals surface area contributed by atoms with Crippen LogP contribution in [0.2, 0.25) is 0 Å². The molecule has 0 aliphatic carbocycles. The van der Waals surface area contributed by atoms with E-state index in [4.69, 9.17) is 4.74 Å². The molecule has 2 heterocycles. The predicted octanol–water partition coefficient (Wildman–Crippen LogP) is 2.40. The zero-order chi connectivity index (χ0) is 20.6. The van der Waals surface area contributed by atoms with Gasteiger partial charge in [-0.1, -0.05) is 24.3 Å². The van der Waals surface area contributed by atoms with Gasteiger partial charge in [-0.05, 0) is 37.1 Å². The summed E-state index contributed by atoms with van der Waals surface area (Å²) in [7, 11) is -2.07. The smallest absolute Gasteiger partial charge is 0.326 e. The van der Waals surface area contributed by atoms with Crippen molar-refractivity contribution in [3.8, 4) is 5.75 Å². The molecule has 1 saturated heterocycles. The van der Waals surface area contributed by atoms with Crippen LogP contribution in [0.25, 0.3) is 0 Å². The zero-order valence-electron chi connectivity index (χ0n) is 16.0. The molecule has 0 unspecified atom stereocenters. The van der Waals surface area contributed by atoms with Crippen LogP contribution in [0.3, 0.4) is 0 Å². The Morgan fingerprint density at radius 1 is 1.07 bits per heavy atom. The molecule has 0 saturated carbocycles. The van der Waals surface area contributed by atoms with Crippen molar-refractivity contribution < 1.29 is 22.3 Å². The first-order valence-corrected chi connectivity index (χ1v) is 10.8. The molecule has 2 aromatic rings. The van der Waals surface area contributed by atoms with E-state index in [2.05, 4.69) is 0 Å². The van der Waals surface area contributed by atoms with Crippen molar-refractivity contribution in [3.63, 3.8) is 0 Å². The molecule has 29 heavy (non-hydrogen) atoms. The number of fused-ring (bicyclic) bond motifs is 1. The van der Waals surface area contributed by atoms with E-state index < -0.39 is 16.0 Å². The topological polar surface area (TPSA) is 70.2 Å². The standard InChI is InChI=1S/C20H22FN3O4S/c1-22-17-7-3-4-8-18(17)24(29(22,26)27)15-10-12-23(13-11-15)20(25)14-28-19-9-5-2-6-16(19)21/h2-9,15H,10-14H2,1H3. The number of hydrogen-bond donors (Lipinski definition) is 0. The molecule has 2 aliphatic rings. The molecule has 0 radical (unpaired) electrons. The summed E-state index contributed by atoms with van der Waals surface area (Å²) < 4.78 is 47.4. The van der Waals surface area contributed by atoms with E-state index in [0.717, 1.165) is 0 Å². The van der Waals surface area contributed by atoms with Gasteiger partial charge in [0.2, 0.25) is 0 Å². The molecule has 7 nitrogen and oxygen atoms in total. The summed E-state index contributed by atoms with van der Waals surface area (Å²) >= 11 is 0. The number of likely N-dealkylation sites (tertiary alicyclic amines) is 1. The molecule has 2 aliphatic heterocycles. The minimum absolute atomic E-state index is 0.0403. The van der Waals surface area contributed by atoms with E-state index in [1.165, 1.54) is 20.7 Å². The van der Waals surface area contributed by atoms with Crippen LogP contribution in [0.15, 0.2) is 48.5 Å². The predicted molar refractivity (Wildman–Crippen MR) is 108 cm³/mol. The molecule has 154 valence electrons. The van der Waals surface area contributed by atoms with Gasteiger partial charge in [0.1, 0.15) is 0 Å². The van der Waals surface area contributed by atoms with E-state index in [9.17, 15) is 17.6 Å². The summed E-state index contributed by atoms with van der Waals surface area (Å²) in [5.41, 5.74) is 1.33. The van der Waals surface area contributed by atoms with Gasteiger partial charge in [0.15, 0.2) is 18.2 Å². The van der Waals surface area contributed by atoms with Crippen LogP contribution in [0.1, 0.15) is 12.8 Å². The number of piperidine rings is 1. The summed E-state index contributed by atoms with van der Waals surface area (Å²) in [5.74, 6) is -0.715. The molecule has 1 fully saturated rings. The van der Waals surface area contributed by atoms with Crippen molar-refractivity contribution in [1.29, 1.82) is 0 Å². The molecule has 0 spiro atoms. The van der Waals surface area contributed by atoms with Crippen molar-refractivity contribution in [2.75, 3.05) is 35.4 Å². The van der Waals surface area contributed by atoms with Gasteiger partial charge in [0, 0.05) is 20.1 Å². The highest BCUT2D eigenvalue weighted by molar-refractivity contribution is 7.94. The fourth-order valence-electron chi connectivity index (χ4n) is 3.82. The number of rotatable bonds is 4. The molecule has 2 aromatic carbocycles. The number of para-hydroxylation sites is 3. The Kier molecular flexibility index (Phi) is 5.08. The highest BCUT2D eigenvalue weighted by Crippen LogP contribution is 2.42. The lowest BCUT2D eigenvalue weighted by Gasteiger charge is -2.36. The van der Waals surface area contributed by atoms with Crippen LogP contribution in [0.5, 0.6) is 5.75 Å². The summed E-state index contributed by atoms with van der Waals surface area (Å²) in [5, 5.41) is 0. The van der Waals surface area contributed by atoms with Crippen LogP contribution in [-0.4, -0.2) is 52.0 Å². The quantitative estimate of drug-likeness (QED) is 0.763. The Morgan fingerprint density at radius 2 is 1.69 bits per heavy atom. The van der Waals surface area contributed by atoms with Crippen molar-refractivity contribution in [3.05, 3.63) is 54.3 Å². The van der Waals surface area contributed by atoms with E-state index in [1.54, 1.807) is 36.2 Å². The molecule has 0 aromatic heterocycles. The first-order chi connectivity index (χ1) is 13.9. The van der Waals surface area contributed by atoms with Gasteiger partial charge in [0.05, 0.1) is 17.4 Å². The number of amides is 1. The number of nitrogens with zero attached hydrogens (tertiary/aromatic N) is 3. The number of carbonyl (C=O) groups is 1. The summed E-state index contributed by atoms with van der Waals surface area (Å²) in [4.78, 5) is 14.1. The number of carbonyl (C=O) groups excluding carboxylic acids is 1. The monoisotopic (exact) mass is 419 g/mol. The highest BCUT2D eigenvalue weighted by atomic mass is 32.2. The molecular weight excluding hydrogens is 397 g/mol. The SMILES string of the molecule is CN1c2ccccc2N(C2CCN(C(=O)COc3ccccc3F)CC2)S1(=O)=O. The van der Waals surface area contributed by atoms with Crippen molar-refractivity contribution in [1.82, 2.24) is 4.90 Å².